The van der Waals surface area contributed by atoms with Gasteiger partial charge in [-0.2, -0.15) is 0 Å². The number of phenolic OH excluding ortho intramolecular Hbond substituents is 1. The second-order valence-corrected chi connectivity index (χ2v) is 12.0. The Morgan fingerprint density at radius 1 is 0.788 bits per heavy atom. The molecule has 0 saturated carbocycles. The second-order valence-electron chi connectivity index (χ2n) is 12.0. The third-order valence-electron chi connectivity index (χ3n) is 6.09. The number of aliphatic carboxylic acids is 1. The topological polar surface area (TPSA) is 57.5 Å². The summed E-state index contributed by atoms with van der Waals surface area (Å²) in [5, 5.41) is 18.6. The summed E-state index contributed by atoms with van der Waals surface area (Å²) in [7, 11) is 0. The maximum atomic E-state index is 10.8. The largest absolute Gasteiger partial charge is 0.507 e. The second kappa shape index (κ2) is 15.4. The number of aromatic hydroxyl groups is 1. The lowest BCUT2D eigenvalue weighted by Gasteiger charge is -2.28. The van der Waals surface area contributed by atoms with E-state index in [1.165, 1.54) is 63.4 Å². The van der Waals surface area contributed by atoms with Crippen LogP contribution in [0.1, 0.15) is 143 Å². The Morgan fingerprint density at radius 2 is 1.15 bits per heavy atom. The Balaban J connectivity index is 0.00000184. The van der Waals surface area contributed by atoms with Crippen molar-refractivity contribution in [1.82, 2.24) is 0 Å². The average molecular weight is 463 g/mol. The van der Waals surface area contributed by atoms with E-state index in [1.807, 2.05) is 0 Å². The molecule has 1 aromatic carbocycles. The van der Waals surface area contributed by atoms with Crippen molar-refractivity contribution in [2.24, 2.45) is 5.92 Å². The van der Waals surface area contributed by atoms with E-state index in [4.69, 9.17) is 5.11 Å². The monoisotopic (exact) mass is 462 g/mol. The first kappa shape index (κ1) is 31.5. The van der Waals surface area contributed by atoms with Gasteiger partial charge in [-0.05, 0) is 46.3 Å². The Bertz CT molecular complexity index is 640. The number of unbranched alkanes of at least 4 members (excludes halogenated alkanes) is 7. The van der Waals surface area contributed by atoms with Crippen LogP contribution in [0.2, 0.25) is 0 Å². The molecule has 0 aliphatic carbocycles. The van der Waals surface area contributed by atoms with Gasteiger partial charge >= 0.3 is 5.97 Å². The van der Waals surface area contributed by atoms with Crippen molar-refractivity contribution in [3.05, 3.63) is 28.8 Å². The predicted octanol–water partition coefficient (Wildman–Crippen LogP) is 9.18. The van der Waals surface area contributed by atoms with Crippen LogP contribution in [0.5, 0.6) is 5.75 Å². The van der Waals surface area contributed by atoms with E-state index in [0.29, 0.717) is 5.75 Å². The summed E-state index contributed by atoms with van der Waals surface area (Å²) in [5.74, 6) is 0.615. The van der Waals surface area contributed by atoms with Crippen LogP contribution >= 0.6 is 0 Å². The first-order valence-corrected chi connectivity index (χ1v) is 13.3. The highest BCUT2D eigenvalue weighted by Gasteiger charge is 2.26. The number of phenols is 1. The molecule has 0 radical (unpaired) electrons. The van der Waals surface area contributed by atoms with Gasteiger partial charge in [0.15, 0.2) is 0 Å². The number of aryl methyl sites for hydroxylation is 1. The van der Waals surface area contributed by atoms with E-state index in [2.05, 4.69) is 67.5 Å². The molecule has 3 nitrogen and oxygen atoms in total. The lowest BCUT2D eigenvalue weighted by molar-refractivity contribution is -0.136. The van der Waals surface area contributed by atoms with Crippen LogP contribution in [0, 0.1) is 5.92 Å². The van der Waals surface area contributed by atoms with E-state index < -0.39 is 5.97 Å². The van der Waals surface area contributed by atoms with Gasteiger partial charge in [0, 0.05) is 6.42 Å². The molecule has 2 N–H and O–H groups in total. The molecular formula is C30H54O3. The normalized spacial score (nSPS) is 11.9. The molecule has 1 aromatic rings. The van der Waals surface area contributed by atoms with Gasteiger partial charge in [0.25, 0.3) is 0 Å². The molecule has 0 saturated heterocycles. The summed E-state index contributed by atoms with van der Waals surface area (Å²) in [5.41, 5.74) is 3.51. The summed E-state index contributed by atoms with van der Waals surface area (Å²) in [6.07, 6.45) is 13.7. The highest BCUT2D eigenvalue weighted by Crippen LogP contribution is 2.40. The molecule has 192 valence electrons. The van der Waals surface area contributed by atoms with Crippen molar-refractivity contribution >= 4 is 5.97 Å². The minimum atomic E-state index is -0.745. The van der Waals surface area contributed by atoms with Crippen LogP contribution in [0.4, 0.5) is 0 Å². The Hall–Kier alpha value is -1.51. The summed E-state index contributed by atoms with van der Waals surface area (Å²) < 4.78 is 0. The molecule has 0 fully saturated rings. The number of carboxylic acid groups (broad SMARTS) is 1. The van der Waals surface area contributed by atoms with E-state index in [9.17, 15) is 9.90 Å². The van der Waals surface area contributed by atoms with Crippen LogP contribution in [0.25, 0.3) is 0 Å². The molecule has 3 heteroatoms. The molecule has 0 amide bonds. The van der Waals surface area contributed by atoms with Gasteiger partial charge in [0.1, 0.15) is 5.75 Å². The molecule has 0 spiro atoms. The zero-order valence-electron chi connectivity index (χ0n) is 23.3. The van der Waals surface area contributed by atoms with Crippen molar-refractivity contribution < 1.29 is 15.0 Å². The molecule has 0 bridgehead atoms. The quantitative estimate of drug-likeness (QED) is 0.304. The van der Waals surface area contributed by atoms with Crippen LogP contribution < -0.4 is 0 Å². The SMILES string of the molecule is CC(C)CCCCCCCCCCc1cc(C(C)(C)C)c(O)c(C(C)(C)C)c1.CCC(=O)O. The molecule has 0 heterocycles. The van der Waals surface area contributed by atoms with E-state index in [-0.39, 0.29) is 17.3 Å². The van der Waals surface area contributed by atoms with Gasteiger partial charge in [0.05, 0.1) is 0 Å². The van der Waals surface area contributed by atoms with Crippen molar-refractivity contribution in [2.45, 2.75) is 144 Å². The highest BCUT2D eigenvalue weighted by molar-refractivity contribution is 5.66. The number of carbonyl (C=O) groups is 1. The van der Waals surface area contributed by atoms with Crippen LogP contribution in [-0.2, 0) is 22.0 Å². The number of benzene rings is 1. The van der Waals surface area contributed by atoms with Gasteiger partial charge < -0.3 is 10.2 Å². The van der Waals surface area contributed by atoms with Crippen LogP contribution in [0.3, 0.4) is 0 Å². The maximum Gasteiger partial charge on any atom is 0.303 e. The van der Waals surface area contributed by atoms with Crippen LogP contribution in [0.15, 0.2) is 12.1 Å². The van der Waals surface area contributed by atoms with Gasteiger partial charge in [-0.1, -0.05) is 126 Å². The Morgan fingerprint density at radius 3 is 1.48 bits per heavy atom. The molecule has 0 atom stereocenters. The fourth-order valence-electron chi connectivity index (χ4n) is 3.92. The Kier molecular flexibility index (Phi) is 14.7. The van der Waals surface area contributed by atoms with Crippen molar-refractivity contribution in [3.63, 3.8) is 0 Å². The number of rotatable bonds is 12. The number of hydrogen-bond acceptors (Lipinski definition) is 2. The molecule has 0 aromatic heterocycles. The van der Waals surface area contributed by atoms with Gasteiger partial charge in [0.2, 0.25) is 0 Å². The number of carboxylic acids is 1. The molecule has 0 aliphatic heterocycles. The molecule has 1 rings (SSSR count). The van der Waals surface area contributed by atoms with Crippen LogP contribution in [-0.4, -0.2) is 16.2 Å². The molecule has 33 heavy (non-hydrogen) atoms. The zero-order chi connectivity index (χ0) is 25.7. The lowest BCUT2D eigenvalue weighted by atomic mass is 9.78. The highest BCUT2D eigenvalue weighted by atomic mass is 16.4. The summed E-state index contributed by atoms with van der Waals surface area (Å²) in [6, 6.07) is 4.50. The first-order valence-electron chi connectivity index (χ1n) is 13.3. The molecular weight excluding hydrogens is 408 g/mol. The van der Waals surface area contributed by atoms with Crippen molar-refractivity contribution in [2.75, 3.05) is 0 Å². The smallest absolute Gasteiger partial charge is 0.303 e. The predicted molar refractivity (Wildman–Crippen MR) is 144 cm³/mol. The third kappa shape index (κ3) is 14.4. The van der Waals surface area contributed by atoms with Crippen molar-refractivity contribution in [3.8, 4) is 5.75 Å². The van der Waals surface area contributed by atoms with Gasteiger partial charge in [-0.15, -0.1) is 0 Å². The zero-order valence-corrected chi connectivity index (χ0v) is 23.3. The van der Waals surface area contributed by atoms with Gasteiger partial charge in [-0.25, -0.2) is 0 Å². The summed E-state index contributed by atoms with van der Waals surface area (Å²) in [4.78, 5) is 9.37. The van der Waals surface area contributed by atoms with E-state index in [1.54, 1.807) is 6.92 Å². The van der Waals surface area contributed by atoms with E-state index in [0.717, 1.165) is 23.5 Å². The number of hydrogen-bond donors (Lipinski definition) is 2. The minimum absolute atomic E-state index is 0.0321. The lowest BCUT2D eigenvalue weighted by Crippen LogP contribution is -2.18. The van der Waals surface area contributed by atoms with Gasteiger partial charge in [-0.3, -0.25) is 4.79 Å². The average Bonchev–Trinajstić information content (AvgIpc) is 2.68. The summed E-state index contributed by atoms with van der Waals surface area (Å²) in [6.45, 7) is 19.4. The van der Waals surface area contributed by atoms with Crippen molar-refractivity contribution in [1.29, 1.82) is 0 Å². The fourth-order valence-corrected chi connectivity index (χ4v) is 3.92. The van der Waals surface area contributed by atoms with E-state index >= 15 is 0 Å². The Labute approximate surface area is 205 Å². The minimum Gasteiger partial charge on any atom is -0.507 e. The standard InChI is InChI=1S/C27H48O.C3H6O2/c1-21(2)17-15-13-11-9-10-12-14-16-18-22-19-23(26(3,4)5)25(28)24(20-22)27(6,7)8;1-2-3(4)5/h19-21,28H,9-18H2,1-8H3;2H2,1H3,(H,4,5). The first-order chi connectivity index (χ1) is 15.2. The summed E-state index contributed by atoms with van der Waals surface area (Å²) >= 11 is 0. The maximum absolute atomic E-state index is 10.8. The molecule has 0 aliphatic rings. The third-order valence-corrected chi connectivity index (χ3v) is 6.09. The fraction of sp³-hybridized carbons (Fsp3) is 0.767. The molecule has 0 unspecified atom stereocenters.